The molecule has 0 bridgehead atoms. The molecule has 5 heteroatoms. The molecule has 0 aromatic heterocycles. The fraction of sp³-hybridized carbons (Fsp3) is 0.222. The first-order valence-corrected chi connectivity index (χ1v) is 8.36. The number of carbonyl (C=O) groups is 2. The van der Waals surface area contributed by atoms with Crippen LogP contribution in [0.2, 0.25) is 0 Å². The Morgan fingerprint density at radius 3 is 2.35 bits per heavy atom. The predicted molar refractivity (Wildman–Crippen MR) is 98.6 cm³/mol. The zero-order chi connectivity index (χ0) is 16.8. The van der Waals surface area contributed by atoms with Crippen LogP contribution >= 0.6 is 22.6 Å². The van der Waals surface area contributed by atoms with E-state index in [9.17, 15) is 9.59 Å². The summed E-state index contributed by atoms with van der Waals surface area (Å²) in [4.78, 5) is 23.8. The second-order valence-electron chi connectivity index (χ2n) is 5.38. The van der Waals surface area contributed by atoms with Gasteiger partial charge in [0.25, 0.3) is 5.91 Å². The van der Waals surface area contributed by atoms with Crippen molar-refractivity contribution in [2.45, 2.75) is 19.8 Å². The molecule has 2 rings (SSSR count). The standard InChI is InChI=1S/C18H18INO3/c1-12(2)13-7-9-14(10-8-13)20-17(21)11-23-18(22)15-5-3-4-6-16(15)19/h3-10,12H,11H2,1-2H3,(H,20,21). The molecule has 0 aliphatic rings. The van der Waals surface area contributed by atoms with Crippen LogP contribution in [-0.2, 0) is 9.53 Å². The van der Waals surface area contributed by atoms with Crippen LogP contribution in [0.4, 0.5) is 5.69 Å². The van der Waals surface area contributed by atoms with Crippen molar-refractivity contribution in [3.8, 4) is 0 Å². The highest BCUT2D eigenvalue weighted by molar-refractivity contribution is 14.1. The Morgan fingerprint density at radius 2 is 1.74 bits per heavy atom. The summed E-state index contributed by atoms with van der Waals surface area (Å²) in [6.45, 7) is 3.91. The maximum absolute atomic E-state index is 11.9. The van der Waals surface area contributed by atoms with Gasteiger partial charge in [0, 0.05) is 9.26 Å². The third kappa shape index (κ3) is 5.06. The second-order valence-corrected chi connectivity index (χ2v) is 6.54. The smallest absolute Gasteiger partial charge is 0.339 e. The molecular weight excluding hydrogens is 405 g/mol. The molecule has 0 unspecified atom stereocenters. The van der Waals surface area contributed by atoms with Crippen LogP contribution in [-0.4, -0.2) is 18.5 Å². The molecule has 23 heavy (non-hydrogen) atoms. The van der Waals surface area contributed by atoms with Crippen LogP contribution < -0.4 is 5.32 Å². The number of carbonyl (C=O) groups excluding carboxylic acids is 2. The van der Waals surface area contributed by atoms with Gasteiger partial charge in [-0.3, -0.25) is 4.79 Å². The summed E-state index contributed by atoms with van der Waals surface area (Å²) in [6, 6.07) is 14.7. The van der Waals surface area contributed by atoms with Gasteiger partial charge in [0.1, 0.15) is 0 Å². The molecule has 0 aliphatic carbocycles. The van der Waals surface area contributed by atoms with E-state index in [1.54, 1.807) is 12.1 Å². The molecule has 0 radical (unpaired) electrons. The third-order valence-electron chi connectivity index (χ3n) is 3.29. The van der Waals surface area contributed by atoms with Gasteiger partial charge < -0.3 is 10.1 Å². The molecule has 4 nitrogen and oxygen atoms in total. The lowest BCUT2D eigenvalue weighted by Crippen LogP contribution is -2.21. The third-order valence-corrected chi connectivity index (χ3v) is 4.23. The van der Waals surface area contributed by atoms with Crippen molar-refractivity contribution < 1.29 is 14.3 Å². The quantitative estimate of drug-likeness (QED) is 0.579. The highest BCUT2D eigenvalue weighted by Gasteiger charge is 2.13. The summed E-state index contributed by atoms with van der Waals surface area (Å²) in [5.74, 6) is -0.420. The average Bonchev–Trinajstić information content (AvgIpc) is 2.53. The van der Waals surface area contributed by atoms with Gasteiger partial charge in [-0.05, 0) is 58.3 Å². The summed E-state index contributed by atoms with van der Waals surface area (Å²) in [7, 11) is 0. The topological polar surface area (TPSA) is 55.4 Å². The molecule has 120 valence electrons. The van der Waals surface area contributed by atoms with Gasteiger partial charge in [0.05, 0.1) is 5.56 Å². The monoisotopic (exact) mass is 423 g/mol. The maximum Gasteiger partial charge on any atom is 0.339 e. The Morgan fingerprint density at radius 1 is 1.09 bits per heavy atom. The number of esters is 1. The lowest BCUT2D eigenvalue weighted by Gasteiger charge is -2.09. The van der Waals surface area contributed by atoms with E-state index >= 15 is 0 Å². The fourth-order valence-electron chi connectivity index (χ4n) is 1.98. The van der Waals surface area contributed by atoms with Gasteiger partial charge in [-0.25, -0.2) is 4.79 Å². The lowest BCUT2D eigenvalue weighted by molar-refractivity contribution is -0.119. The molecule has 1 N–H and O–H groups in total. The Bertz CT molecular complexity index is 696. The average molecular weight is 423 g/mol. The summed E-state index contributed by atoms with van der Waals surface area (Å²) in [6.07, 6.45) is 0. The second kappa shape index (κ2) is 8.10. The van der Waals surface area contributed by atoms with Crippen molar-refractivity contribution >= 4 is 40.2 Å². The van der Waals surface area contributed by atoms with Crippen molar-refractivity contribution in [2.24, 2.45) is 0 Å². The van der Waals surface area contributed by atoms with Crippen molar-refractivity contribution in [1.82, 2.24) is 0 Å². The van der Waals surface area contributed by atoms with E-state index in [4.69, 9.17) is 4.74 Å². The van der Waals surface area contributed by atoms with Gasteiger partial charge >= 0.3 is 5.97 Å². The van der Waals surface area contributed by atoms with Crippen molar-refractivity contribution in [1.29, 1.82) is 0 Å². The first-order chi connectivity index (χ1) is 11.0. The van der Waals surface area contributed by atoms with Gasteiger partial charge in [-0.2, -0.15) is 0 Å². The largest absolute Gasteiger partial charge is 0.452 e. The predicted octanol–water partition coefficient (Wildman–Crippen LogP) is 4.21. The highest BCUT2D eigenvalue weighted by atomic mass is 127. The first-order valence-electron chi connectivity index (χ1n) is 7.29. The normalized spacial score (nSPS) is 10.4. The summed E-state index contributed by atoms with van der Waals surface area (Å²) < 4.78 is 5.84. The van der Waals surface area contributed by atoms with Crippen LogP contribution in [0.15, 0.2) is 48.5 Å². The zero-order valence-corrected chi connectivity index (χ0v) is 15.2. The maximum atomic E-state index is 11.9. The van der Waals surface area contributed by atoms with E-state index in [2.05, 4.69) is 41.8 Å². The SMILES string of the molecule is CC(C)c1ccc(NC(=O)COC(=O)c2ccccc2I)cc1. The van der Waals surface area contributed by atoms with Gasteiger partial charge in [-0.15, -0.1) is 0 Å². The number of hydrogen-bond acceptors (Lipinski definition) is 3. The summed E-state index contributed by atoms with van der Waals surface area (Å²) in [5.41, 5.74) is 2.35. The number of halogens is 1. The molecule has 0 saturated heterocycles. The summed E-state index contributed by atoms with van der Waals surface area (Å²) >= 11 is 2.06. The minimum Gasteiger partial charge on any atom is -0.452 e. The van der Waals surface area contributed by atoms with E-state index < -0.39 is 5.97 Å². The van der Waals surface area contributed by atoms with E-state index in [1.807, 2.05) is 36.4 Å². The summed E-state index contributed by atoms with van der Waals surface area (Å²) in [5, 5.41) is 2.71. The number of nitrogens with one attached hydrogen (secondary N) is 1. The van der Waals surface area contributed by atoms with E-state index in [0.29, 0.717) is 17.2 Å². The molecule has 1 amide bonds. The molecule has 2 aromatic rings. The van der Waals surface area contributed by atoms with E-state index in [0.717, 1.165) is 3.57 Å². The minimum absolute atomic E-state index is 0.310. The van der Waals surface area contributed by atoms with Gasteiger partial charge in [0.15, 0.2) is 6.61 Å². The highest BCUT2D eigenvalue weighted by Crippen LogP contribution is 2.17. The van der Waals surface area contributed by atoms with Crippen molar-refractivity contribution in [3.05, 3.63) is 63.2 Å². The molecule has 0 atom stereocenters. The van der Waals surface area contributed by atoms with Crippen molar-refractivity contribution in [2.75, 3.05) is 11.9 Å². The number of amides is 1. The van der Waals surface area contributed by atoms with Crippen LogP contribution in [0.3, 0.4) is 0 Å². The first kappa shape index (κ1) is 17.5. The molecule has 0 aliphatic heterocycles. The minimum atomic E-state index is -0.500. The van der Waals surface area contributed by atoms with Gasteiger partial charge in [0.2, 0.25) is 0 Å². The van der Waals surface area contributed by atoms with Crippen LogP contribution in [0.25, 0.3) is 0 Å². The molecule has 2 aromatic carbocycles. The van der Waals surface area contributed by atoms with Crippen molar-refractivity contribution in [3.63, 3.8) is 0 Å². The Hall–Kier alpha value is -1.89. The van der Waals surface area contributed by atoms with E-state index in [-0.39, 0.29) is 12.5 Å². The molecule has 0 fully saturated rings. The Labute approximate surface area is 149 Å². The Kier molecular flexibility index (Phi) is 6.15. The number of ether oxygens (including phenoxy) is 1. The zero-order valence-electron chi connectivity index (χ0n) is 13.0. The van der Waals surface area contributed by atoms with Crippen LogP contribution in [0.5, 0.6) is 0 Å². The number of rotatable bonds is 5. The Balaban J connectivity index is 1.88. The van der Waals surface area contributed by atoms with E-state index in [1.165, 1.54) is 5.56 Å². The van der Waals surface area contributed by atoms with Crippen LogP contribution in [0.1, 0.15) is 35.7 Å². The molecule has 0 spiro atoms. The number of anilines is 1. The number of benzene rings is 2. The lowest BCUT2D eigenvalue weighted by atomic mass is 10.0. The number of hydrogen-bond donors (Lipinski definition) is 1. The molecule has 0 saturated carbocycles. The fourth-order valence-corrected chi connectivity index (χ4v) is 2.59. The molecule has 0 heterocycles. The van der Waals surface area contributed by atoms with Gasteiger partial charge in [-0.1, -0.05) is 38.1 Å². The molecular formula is C18H18INO3. The van der Waals surface area contributed by atoms with Crippen LogP contribution in [0, 0.1) is 3.57 Å².